The highest BCUT2D eigenvalue weighted by molar-refractivity contribution is 6.38. The van der Waals surface area contributed by atoms with E-state index in [4.69, 9.17) is 10.1 Å². The van der Waals surface area contributed by atoms with Crippen molar-refractivity contribution >= 4 is 29.6 Å². The Kier molecular flexibility index (Phi) is 7.54. The van der Waals surface area contributed by atoms with Crippen LogP contribution in [0.3, 0.4) is 0 Å². The lowest BCUT2D eigenvalue weighted by Crippen LogP contribution is -2.42. The molecule has 2 aromatic rings. The predicted octanol–water partition coefficient (Wildman–Crippen LogP) is 3.09. The first kappa shape index (κ1) is 22.2. The van der Waals surface area contributed by atoms with E-state index in [0.717, 1.165) is 12.8 Å². The Balaban J connectivity index is 1.47. The molecule has 2 atom stereocenters. The number of carbonyl (C=O) groups is 2. The molecule has 1 aliphatic heterocycles. The highest BCUT2D eigenvalue weighted by Crippen LogP contribution is 2.31. The molecule has 0 spiro atoms. The minimum Gasteiger partial charge on any atom is -0.490 e. The van der Waals surface area contributed by atoms with Crippen LogP contribution in [0.25, 0.3) is 0 Å². The summed E-state index contributed by atoms with van der Waals surface area (Å²) >= 11 is 0. The van der Waals surface area contributed by atoms with Gasteiger partial charge in [-0.25, -0.2) is 4.99 Å². The summed E-state index contributed by atoms with van der Waals surface area (Å²) < 4.78 is 5.74. The van der Waals surface area contributed by atoms with Crippen LogP contribution in [0.1, 0.15) is 18.9 Å². The van der Waals surface area contributed by atoms with E-state index >= 15 is 0 Å². The molecule has 0 saturated carbocycles. The number of nitrogens with zero attached hydrogens (tertiary/aromatic N) is 2. The summed E-state index contributed by atoms with van der Waals surface area (Å²) in [6, 6.07) is 17.5. The molecular weight excluding hydrogens is 392 g/mol. The molecule has 162 valence electrons. The average Bonchev–Trinajstić information content (AvgIpc) is 2.92. The molecule has 7 heteroatoms. The van der Waals surface area contributed by atoms with Gasteiger partial charge in [-0.1, -0.05) is 49.4 Å². The van der Waals surface area contributed by atoms with E-state index in [-0.39, 0.29) is 30.8 Å². The van der Waals surface area contributed by atoms with Gasteiger partial charge in [-0.05, 0) is 36.5 Å². The minimum atomic E-state index is -0.608. The first-order valence-electron chi connectivity index (χ1n) is 10.4. The molecule has 7 nitrogen and oxygen atoms in total. The number of anilines is 1. The topological polar surface area (TPSA) is 94.8 Å². The Morgan fingerprint density at radius 2 is 1.97 bits per heavy atom. The summed E-state index contributed by atoms with van der Waals surface area (Å²) in [6.07, 6.45) is 3.42. The van der Waals surface area contributed by atoms with E-state index in [0.29, 0.717) is 11.4 Å². The molecule has 0 aromatic heterocycles. The predicted molar refractivity (Wildman–Crippen MR) is 122 cm³/mol. The first-order chi connectivity index (χ1) is 15.0. The van der Waals surface area contributed by atoms with Gasteiger partial charge in [0.25, 0.3) is 5.91 Å². The number of nitrogens with one attached hydrogen (secondary N) is 2. The third-order valence-corrected chi connectivity index (χ3v) is 5.26. The fourth-order valence-electron chi connectivity index (χ4n) is 3.33. The van der Waals surface area contributed by atoms with Gasteiger partial charge in [0.2, 0.25) is 11.7 Å². The van der Waals surface area contributed by atoms with E-state index in [2.05, 4.69) is 22.4 Å². The molecule has 1 aliphatic rings. The number of amides is 2. The maximum atomic E-state index is 12.7. The van der Waals surface area contributed by atoms with Gasteiger partial charge in [0.1, 0.15) is 12.4 Å². The largest absolute Gasteiger partial charge is 0.490 e. The molecule has 2 N–H and O–H groups in total. The maximum absolute atomic E-state index is 12.7. The minimum absolute atomic E-state index is 0.0808. The Bertz CT molecular complexity index is 958. The van der Waals surface area contributed by atoms with Crippen molar-refractivity contribution in [1.82, 2.24) is 5.32 Å². The second-order valence-electron chi connectivity index (χ2n) is 7.71. The highest BCUT2D eigenvalue weighted by Gasteiger charge is 2.29. The molecule has 0 bridgehead atoms. The van der Waals surface area contributed by atoms with E-state index in [1.54, 1.807) is 13.3 Å². The van der Waals surface area contributed by atoms with Crippen molar-refractivity contribution in [3.05, 3.63) is 60.2 Å². The van der Waals surface area contributed by atoms with Gasteiger partial charge >= 0.3 is 0 Å². The van der Waals surface area contributed by atoms with Crippen molar-refractivity contribution in [2.24, 2.45) is 16.8 Å². The van der Waals surface area contributed by atoms with Crippen LogP contribution in [0.15, 0.2) is 59.6 Å². The molecule has 0 fully saturated rings. The summed E-state index contributed by atoms with van der Waals surface area (Å²) in [6.45, 7) is 2.25. The van der Waals surface area contributed by atoms with Crippen LogP contribution in [0, 0.1) is 17.2 Å². The van der Waals surface area contributed by atoms with Crippen LogP contribution >= 0.6 is 0 Å². The summed E-state index contributed by atoms with van der Waals surface area (Å²) in [5.74, 6) is -0.891. The number of para-hydroxylation sites is 2. The Hall–Kier alpha value is -3.48. The van der Waals surface area contributed by atoms with Gasteiger partial charge in [-0.3, -0.25) is 15.0 Å². The first-order valence-corrected chi connectivity index (χ1v) is 10.4. The number of aryl methyl sites for hydroxylation is 1. The van der Waals surface area contributed by atoms with Crippen LogP contribution in [-0.4, -0.2) is 44.1 Å². The second-order valence-corrected chi connectivity index (χ2v) is 7.71. The number of benzene rings is 2. The van der Waals surface area contributed by atoms with Crippen LogP contribution in [0.4, 0.5) is 5.69 Å². The summed E-state index contributed by atoms with van der Waals surface area (Å²) in [5, 5.41) is 10.5. The van der Waals surface area contributed by atoms with Gasteiger partial charge < -0.3 is 15.0 Å². The van der Waals surface area contributed by atoms with Crippen molar-refractivity contribution in [3.63, 3.8) is 0 Å². The quantitative estimate of drug-likeness (QED) is 0.555. The molecule has 0 radical (unpaired) electrons. The average molecular weight is 421 g/mol. The second kappa shape index (κ2) is 10.5. The number of fused-ring (bicyclic) bond motifs is 1. The van der Waals surface area contributed by atoms with Gasteiger partial charge in [0.15, 0.2) is 0 Å². The SMILES string of the molecule is C[C@H](/C=N/C(=N)C(=O)NC[C@H]1COc2ccccc2N(C)C1=O)CCc1ccccc1. The lowest BCUT2D eigenvalue weighted by molar-refractivity contribution is -0.122. The maximum Gasteiger partial charge on any atom is 0.288 e. The fraction of sp³-hybridized carbons (Fsp3) is 0.333. The van der Waals surface area contributed by atoms with Crippen LogP contribution < -0.4 is 15.0 Å². The van der Waals surface area contributed by atoms with E-state index < -0.39 is 11.8 Å². The smallest absolute Gasteiger partial charge is 0.288 e. The van der Waals surface area contributed by atoms with Crippen molar-refractivity contribution < 1.29 is 14.3 Å². The third kappa shape index (κ3) is 6.01. The lowest BCUT2D eigenvalue weighted by atomic mass is 10.0. The van der Waals surface area contributed by atoms with E-state index in [1.807, 2.05) is 49.4 Å². The number of hydrogen-bond donors (Lipinski definition) is 2. The van der Waals surface area contributed by atoms with Crippen LogP contribution in [-0.2, 0) is 16.0 Å². The van der Waals surface area contributed by atoms with Gasteiger partial charge in [-0.2, -0.15) is 0 Å². The van der Waals surface area contributed by atoms with Crippen LogP contribution in [0.5, 0.6) is 5.75 Å². The van der Waals surface area contributed by atoms with E-state index in [9.17, 15) is 9.59 Å². The van der Waals surface area contributed by atoms with Gasteiger partial charge in [-0.15, -0.1) is 0 Å². The third-order valence-electron chi connectivity index (χ3n) is 5.26. The number of carbonyl (C=O) groups excluding carboxylic acids is 2. The summed E-state index contributed by atoms with van der Waals surface area (Å²) in [5.41, 5.74) is 1.95. The Labute approximate surface area is 182 Å². The Morgan fingerprint density at radius 1 is 1.26 bits per heavy atom. The number of rotatable bonds is 6. The molecule has 2 aromatic carbocycles. The number of hydrogen-bond acceptors (Lipinski definition) is 4. The normalized spacial score (nSPS) is 16.9. The summed E-state index contributed by atoms with van der Waals surface area (Å²) in [7, 11) is 1.69. The molecule has 0 aliphatic carbocycles. The van der Waals surface area contributed by atoms with E-state index in [1.165, 1.54) is 10.5 Å². The standard InChI is InChI=1S/C24H28N4O3/c1-17(12-13-18-8-4-3-5-9-18)14-26-22(25)23(29)27-15-19-16-31-21-11-7-6-10-20(21)28(2)24(19)30/h3-11,14,17,19,25H,12-13,15-16H2,1-2H3,(H,27,29)/b25-22?,26-14+/t17-,19-/m0/s1. The van der Waals surface area contributed by atoms with Crippen molar-refractivity contribution in [2.45, 2.75) is 19.8 Å². The zero-order valence-electron chi connectivity index (χ0n) is 17.9. The molecule has 31 heavy (non-hydrogen) atoms. The number of ether oxygens (including phenoxy) is 1. The van der Waals surface area contributed by atoms with Gasteiger partial charge in [0.05, 0.1) is 11.6 Å². The number of amidine groups is 1. The van der Waals surface area contributed by atoms with Crippen molar-refractivity contribution in [3.8, 4) is 5.75 Å². The molecule has 0 unspecified atom stereocenters. The highest BCUT2D eigenvalue weighted by atomic mass is 16.5. The molecular formula is C24H28N4O3. The molecule has 1 heterocycles. The molecule has 0 saturated heterocycles. The zero-order chi connectivity index (χ0) is 22.2. The van der Waals surface area contributed by atoms with Crippen molar-refractivity contribution in [1.29, 1.82) is 5.41 Å². The monoisotopic (exact) mass is 420 g/mol. The van der Waals surface area contributed by atoms with Gasteiger partial charge in [0, 0.05) is 19.8 Å². The lowest BCUT2D eigenvalue weighted by Gasteiger charge is -2.19. The molecule has 3 rings (SSSR count). The fourth-order valence-corrected chi connectivity index (χ4v) is 3.33. The zero-order valence-corrected chi connectivity index (χ0v) is 17.9. The number of aliphatic imine (C=N–C) groups is 1. The Morgan fingerprint density at radius 3 is 2.74 bits per heavy atom. The summed E-state index contributed by atoms with van der Waals surface area (Å²) in [4.78, 5) is 30.5. The van der Waals surface area contributed by atoms with Crippen molar-refractivity contribution in [2.75, 3.05) is 25.1 Å². The molecule has 2 amide bonds. The van der Waals surface area contributed by atoms with Crippen LogP contribution in [0.2, 0.25) is 0 Å².